The van der Waals surface area contributed by atoms with E-state index in [0.29, 0.717) is 19.5 Å². The molecule has 0 aliphatic rings. The molecule has 1 N–H and O–H groups in total. The number of sulfonamides is 1. The first kappa shape index (κ1) is 26.5. The molecule has 2 amide bonds. The summed E-state index contributed by atoms with van der Waals surface area (Å²) in [6.45, 7) is 4.89. The molecule has 0 aromatic heterocycles. The molecule has 7 nitrogen and oxygen atoms in total. The second-order valence-corrected chi connectivity index (χ2v) is 10.1. The van der Waals surface area contributed by atoms with Gasteiger partial charge in [0.1, 0.15) is 6.04 Å². The highest BCUT2D eigenvalue weighted by molar-refractivity contribution is 7.89. The van der Waals surface area contributed by atoms with Gasteiger partial charge in [-0.25, -0.2) is 12.7 Å². The first-order valence-corrected chi connectivity index (χ1v) is 12.8. The molecule has 0 radical (unpaired) electrons. The molecular formula is C25H35N3O4S. The minimum absolute atomic E-state index is 0.147. The summed E-state index contributed by atoms with van der Waals surface area (Å²) in [7, 11) is -2.09. The van der Waals surface area contributed by atoms with Gasteiger partial charge in [-0.05, 0) is 37.5 Å². The lowest BCUT2D eigenvalue weighted by atomic mass is 10.1. The molecule has 1 atom stereocenters. The van der Waals surface area contributed by atoms with Crippen LogP contribution in [0.15, 0.2) is 65.6 Å². The molecule has 0 saturated carbocycles. The fraction of sp³-hybridized carbons (Fsp3) is 0.440. The third kappa shape index (κ3) is 7.98. The number of rotatable bonds is 13. The predicted molar refractivity (Wildman–Crippen MR) is 130 cm³/mol. The summed E-state index contributed by atoms with van der Waals surface area (Å²) in [4.78, 5) is 27.5. The minimum atomic E-state index is -3.60. The minimum Gasteiger partial charge on any atom is -0.354 e. The van der Waals surface area contributed by atoms with E-state index in [1.807, 2.05) is 30.3 Å². The van der Waals surface area contributed by atoms with Crippen molar-refractivity contribution in [3.8, 4) is 0 Å². The fourth-order valence-corrected chi connectivity index (χ4v) is 4.62. The van der Waals surface area contributed by atoms with Crippen LogP contribution in [0.4, 0.5) is 0 Å². The average Bonchev–Trinajstić information content (AvgIpc) is 2.83. The monoisotopic (exact) mass is 473 g/mol. The molecule has 33 heavy (non-hydrogen) atoms. The molecule has 0 aliphatic heterocycles. The molecule has 0 spiro atoms. The van der Waals surface area contributed by atoms with E-state index in [1.54, 1.807) is 42.2 Å². The smallest absolute Gasteiger partial charge is 0.242 e. The van der Waals surface area contributed by atoms with Crippen LogP contribution < -0.4 is 5.32 Å². The van der Waals surface area contributed by atoms with Gasteiger partial charge in [-0.15, -0.1) is 0 Å². The topological polar surface area (TPSA) is 86.8 Å². The van der Waals surface area contributed by atoms with Crippen LogP contribution >= 0.6 is 0 Å². The zero-order valence-corrected chi connectivity index (χ0v) is 20.6. The molecule has 0 aliphatic carbocycles. The summed E-state index contributed by atoms with van der Waals surface area (Å²) in [5.74, 6) is -0.362. The zero-order chi connectivity index (χ0) is 24.3. The van der Waals surface area contributed by atoms with Crippen molar-refractivity contribution in [3.05, 3.63) is 66.2 Å². The summed E-state index contributed by atoms with van der Waals surface area (Å²) in [6, 6.07) is 17.1. The predicted octanol–water partition coefficient (Wildman–Crippen LogP) is 3.42. The van der Waals surface area contributed by atoms with E-state index in [2.05, 4.69) is 12.2 Å². The van der Waals surface area contributed by atoms with Crippen molar-refractivity contribution >= 4 is 21.8 Å². The highest BCUT2D eigenvalue weighted by Crippen LogP contribution is 2.16. The van der Waals surface area contributed by atoms with Gasteiger partial charge in [0.25, 0.3) is 0 Å². The number of carbonyl (C=O) groups excluding carboxylic acids is 2. The average molecular weight is 474 g/mol. The first-order chi connectivity index (χ1) is 15.8. The molecule has 0 heterocycles. The van der Waals surface area contributed by atoms with Crippen molar-refractivity contribution < 1.29 is 18.0 Å². The van der Waals surface area contributed by atoms with E-state index in [9.17, 15) is 18.0 Å². The first-order valence-electron chi connectivity index (χ1n) is 11.4. The van der Waals surface area contributed by atoms with Crippen LogP contribution in [-0.4, -0.2) is 55.6 Å². The van der Waals surface area contributed by atoms with Crippen molar-refractivity contribution in [1.82, 2.24) is 14.5 Å². The Balaban J connectivity index is 2.02. The number of nitrogens with zero attached hydrogens (tertiary/aromatic N) is 2. The third-order valence-corrected chi connectivity index (χ3v) is 7.38. The van der Waals surface area contributed by atoms with Crippen LogP contribution in [0, 0.1) is 0 Å². The van der Waals surface area contributed by atoms with Gasteiger partial charge >= 0.3 is 0 Å². The highest BCUT2D eigenvalue weighted by atomic mass is 32.2. The molecule has 2 aromatic rings. The number of nitrogens with one attached hydrogen (secondary N) is 1. The van der Waals surface area contributed by atoms with Crippen LogP contribution in [0.3, 0.4) is 0 Å². The molecule has 0 unspecified atom stereocenters. The van der Waals surface area contributed by atoms with E-state index < -0.39 is 16.1 Å². The highest BCUT2D eigenvalue weighted by Gasteiger charge is 2.26. The maximum absolute atomic E-state index is 13.1. The van der Waals surface area contributed by atoms with Crippen molar-refractivity contribution in [3.63, 3.8) is 0 Å². The molecular weight excluding hydrogens is 438 g/mol. The van der Waals surface area contributed by atoms with Crippen molar-refractivity contribution in [2.24, 2.45) is 0 Å². The second-order valence-electron chi connectivity index (χ2n) is 8.07. The summed E-state index contributed by atoms with van der Waals surface area (Å²) in [6.07, 6.45) is 2.36. The summed E-state index contributed by atoms with van der Waals surface area (Å²) < 4.78 is 26.6. The molecule has 0 bridgehead atoms. The van der Waals surface area contributed by atoms with Crippen LogP contribution in [0.25, 0.3) is 0 Å². The zero-order valence-electron chi connectivity index (χ0n) is 19.7. The van der Waals surface area contributed by atoms with E-state index >= 15 is 0 Å². The lowest BCUT2D eigenvalue weighted by molar-refractivity contribution is -0.140. The quantitative estimate of drug-likeness (QED) is 0.452. The maximum atomic E-state index is 13.1. The molecule has 0 fully saturated rings. The van der Waals surface area contributed by atoms with Gasteiger partial charge in [-0.3, -0.25) is 9.59 Å². The van der Waals surface area contributed by atoms with Gasteiger partial charge in [-0.1, -0.05) is 61.9 Å². The standard InChI is InChI=1S/C25H35N3O4S/c1-4-5-18-26-25(30)21(2)28(20-22-13-8-6-9-14-22)24(29)17-12-19-27(3)33(31,32)23-15-10-7-11-16-23/h6-11,13-16,21H,4-5,12,17-20H2,1-3H3,(H,26,30)/t21-/m0/s1. The van der Waals surface area contributed by atoms with Gasteiger partial charge in [0.2, 0.25) is 21.8 Å². The van der Waals surface area contributed by atoms with Crippen LogP contribution in [0.5, 0.6) is 0 Å². The Morgan fingerprint density at radius 1 is 0.970 bits per heavy atom. The number of amides is 2. The maximum Gasteiger partial charge on any atom is 0.242 e. The Morgan fingerprint density at radius 3 is 2.18 bits per heavy atom. The third-order valence-electron chi connectivity index (χ3n) is 5.51. The molecule has 180 valence electrons. The molecule has 2 rings (SSSR count). The lowest BCUT2D eigenvalue weighted by Gasteiger charge is -2.29. The fourth-order valence-electron chi connectivity index (χ4n) is 3.39. The Morgan fingerprint density at radius 2 is 1.58 bits per heavy atom. The number of hydrogen-bond donors (Lipinski definition) is 1. The summed E-state index contributed by atoms with van der Waals surface area (Å²) in [5.41, 5.74) is 0.933. The number of benzene rings is 2. The number of carbonyl (C=O) groups is 2. The van der Waals surface area contributed by atoms with E-state index in [0.717, 1.165) is 18.4 Å². The summed E-state index contributed by atoms with van der Waals surface area (Å²) in [5, 5.41) is 2.90. The second kappa shape index (κ2) is 13.1. The van der Waals surface area contributed by atoms with Gasteiger partial charge in [-0.2, -0.15) is 0 Å². The van der Waals surface area contributed by atoms with E-state index in [4.69, 9.17) is 0 Å². The molecule has 2 aromatic carbocycles. The van der Waals surface area contributed by atoms with E-state index in [-0.39, 0.29) is 29.7 Å². The van der Waals surface area contributed by atoms with Gasteiger partial charge in [0, 0.05) is 33.1 Å². The Hall–Kier alpha value is -2.71. The van der Waals surface area contributed by atoms with Gasteiger partial charge in [0.15, 0.2) is 0 Å². The Bertz CT molecular complexity index is 981. The van der Waals surface area contributed by atoms with Crippen LogP contribution in [0.2, 0.25) is 0 Å². The largest absolute Gasteiger partial charge is 0.354 e. The molecule has 0 saturated heterocycles. The number of hydrogen-bond acceptors (Lipinski definition) is 4. The Labute approximate surface area is 197 Å². The normalized spacial score (nSPS) is 12.4. The lowest BCUT2D eigenvalue weighted by Crippen LogP contribution is -2.47. The Kier molecular flexibility index (Phi) is 10.5. The summed E-state index contributed by atoms with van der Waals surface area (Å²) >= 11 is 0. The van der Waals surface area contributed by atoms with Crippen LogP contribution in [-0.2, 0) is 26.2 Å². The van der Waals surface area contributed by atoms with Crippen molar-refractivity contribution in [1.29, 1.82) is 0 Å². The van der Waals surface area contributed by atoms with Gasteiger partial charge in [0.05, 0.1) is 4.90 Å². The van der Waals surface area contributed by atoms with Crippen molar-refractivity contribution in [2.45, 2.75) is 57.0 Å². The molecule has 8 heteroatoms. The number of unbranched alkanes of at least 4 members (excludes halogenated alkanes) is 1. The van der Waals surface area contributed by atoms with E-state index in [1.165, 1.54) is 11.4 Å². The SMILES string of the molecule is CCCCNC(=O)[C@H](C)N(Cc1ccccc1)C(=O)CCCN(C)S(=O)(=O)c1ccccc1. The van der Waals surface area contributed by atoms with Crippen molar-refractivity contribution in [2.75, 3.05) is 20.1 Å². The van der Waals surface area contributed by atoms with Crippen LogP contribution in [0.1, 0.15) is 45.1 Å². The van der Waals surface area contributed by atoms with Gasteiger partial charge < -0.3 is 10.2 Å².